The van der Waals surface area contributed by atoms with E-state index in [1.807, 2.05) is 36.4 Å². The minimum atomic E-state index is 0.372. The molecular formula is C15H16O. The summed E-state index contributed by atoms with van der Waals surface area (Å²) in [6.45, 7) is 2.15. The van der Waals surface area contributed by atoms with Crippen LogP contribution in [0.25, 0.3) is 11.1 Å². The van der Waals surface area contributed by atoms with Crippen LogP contribution >= 0.6 is 0 Å². The first-order chi connectivity index (χ1) is 7.83. The fraction of sp³-hybridized carbons (Fsp3) is 0.200. The number of phenols is 1. The Kier molecular flexibility index (Phi) is 3.25. The molecule has 0 amide bonds. The molecule has 2 rings (SSSR count). The lowest BCUT2D eigenvalue weighted by Gasteiger charge is -2.10. The van der Waals surface area contributed by atoms with Crippen molar-refractivity contribution in [1.82, 2.24) is 0 Å². The van der Waals surface area contributed by atoms with Gasteiger partial charge in [0, 0.05) is 5.56 Å². The van der Waals surface area contributed by atoms with Gasteiger partial charge in [-0.1, -0.05) is 55.8 Å². The fourth-order valence-corrected chi connectivity index (χ4v) is 2.00. The molecule has 0 fully saturated rings. The number of hydrogen-bond acceptors (Lipinski definition) is 1. The second-order valence-corrected chi connectivity index (χ2v) is 3.93. The third-order valence-corrected chi connectivity index (χ3v) is 2.71. The Morgan fingerprint density at radius 1 is 0.938 bits per heavy atom. The van der Waals surface area contributed by atoms with Gasteiger partial charge in [-0.05, 0) is 23.6 Å². The average molecular weight is 212 g/mol. The molecule has 2 aromatic rings. The zero-order valence-electron chi connectivity index (χ0n) is 9.48. The first-order valence-corrected chi connectivity index (χ1v) is 5.69. The maximum atomic E-state index is 9.97. The van der Waals surface area contributed by atoms with E-state index in [0.717, 1.165) is 24.0 Å². The summed E-state index contributed by atoms with van der Waals surface area (Å²) < 4.78 is 0. The van der Waals surface area contributed by atoms with Gasteiger partial charge in [-0.25, -0.2) is 0 Å². The molecule has 1 heteroatoms. The molecule has 0 saturated heterocycles. The predicted octanol–water partition coefficient (Wildman–Crippen LogP) is 4.01. The largest absolute Gasteiger partial charge is 0.507 e. The van der Waals surface area contributed by atoms with Crippen molar-refractivity contribution in [2.75, 3.05) is 0 Å². The first-order valence-electron chi connectivity index (χ1n) is 5.69. The van der Waals surface area contributed by atoms with Crippen molar-refractivity contribution in [3.8, 4) is 16.9 Å². The van der Waals surface area contributed by atoms with Crippen molar-refractivity contribution in [3.63, 3.8) is 0 Å². The molecule has 0 aromatic heterocycles. The fourth-order valence-electron chi connectivity index (χ4n) is 2.00. The molecule has 1 nitrogen and oxygen atoms in total. The minimum absolute atomic E-state index is 0.372. The number of phenolic OH excluding ortho intramolecular Hbond substituents is 1. The average Bonchev–Trinajstić information content (AvgIpc) is 2.31. The van der Waals surface area contributed by atoms with Gasteiger partial charge in [0.05, 0.1) is 0 Å². The molecule has 2 aromatic carbocycles. The van der Waals surface area contributed by atoms with Crippen LogP contribution in [-0.4, -0.2) is 5.11 Å². The van der Waals surface area contributed by atoms with Gasteiger partial charge in [0.2, 0.25) is 0 Å². The molecule has 82 valence electrons. The zero-order chi connectivity index (χ0) is 11.4. The van der Waals surface area contributed by atoms with Crippen LogP contribution in [-0.2, 0) is 6.42 Å². The van der Waals surface area contributed by atoms with Gasteiger partial charge in [0.15, 0.2) is 0 Å². The second kappa shape index (κ2) is 4.84. The molecule has 0 atom stereocenters. The standard InChI is InChI=1S/C15H16O/c1-2-7-12-10-6-11-14(16)15(12)13-8-4-3-5-9-13/h3-6,8-11,16H,2,7H2,1H3. The summed E-state index contributed by atoms with van der Waals surface area (Å²) in [5, 5.41) is 9.97. The van der Waals surface area contributed by atoms with Crippen LogP contribution in [0.15, 0.2) is 48.5 Å². The first kappa shape index (κ1) is 10.7. The molecule has 1 N–H and O–H groups in total. The van der Waals surface area contributed by atoms with Crippen LogP contribution in [0.1, 0.15) is 18.9 Å². The monoisotopic (exact) mass is 212 g/mol. The number of hydrogen-bond donors (Lipinski definition) is 1. The molecule has 0 spiro atoms. The highest BCUT2D eigenvalue weighted by Crippen LogP contribution is 2.32. The molecule has 0 aliphatic rings. The number of rotatable bonds is 3. The van der Waals surface area contributed by atoms with Crippen LogP contribution in [0.5, 0.6) is 5.75 Å². The Bertz CT molecular complexity index is 460. The number of aryl methyl sites for hydroxylation is 1. The van der Waals surface area contributed by atoms with Crippen LogP contribution in [0.2, 0.25) is 0 Å². The van der Waals surface area contributed by atoms with Gasteiger partial charge in [-0.15, -0.1) is 0 Å². The SMILES string of the molecule is CCCc1cccc(O)c1-c1ccccc1. The van der Waals surface area contributed by atoms with E-state index < -0.39 is 0 Å². The van der Waals surface area contributed by atoms with Crippen molar-refractivity contribution in [3.05, 3.63) is 54.1 Å². The van der Waals surface area contributed by atoms with Gasteiger partial charge < -0.3 is 5.11 Å². The van der Waals surface area contributed by atoms with Crippen LogP contribution < -0.4 is 0 Å². The van der Waals surface area contributed by atoms with Gasteiger partial charge in [0.1, 0.15) is 5.75 Å². The van der Waals surface area contributed by atoms with Crippen molar-refractivity contribution in [2.45, 2.75) is 19.8 Å². The summed E-state index contributed by atoms with van der Waals surface area (Å²) >= 11 is 0. The summed E-state index contributed by atoms with van der Waals surface area (Å²) in [5.41, 5.74) is 3.28. The minimum Gasteiger partial charge on any atom is -0.507 e. The smallest absolute Gasteiger partial charge is 0.123 e. The highest BCUT2D eigenvalue weighted by atomic mass is 16.3. The maximum Gasteiger partial charge on any atom is 0.123 e. The molecule has 0 radical (unpaired) electrons. The van der Waals surface area contributed by atoms with Crippen molar-refractivity contribution < 1.29 is 5.11 Å². The van der Waals surface area contributed by atoms with Crippen molar-refractivity contribution >= 4 is 0 Å². The molecule has 0 aliphatic carbocycles. The second-order valence-electron chi connectivity index (χ2n) is 3.93. The van der Waals surface area contributed by atoms with Crippen molar-refractivity contribution in [2.24, 2.45) is 0 Å². The molecule has 0 bridgehead atoms. The van der Waals surface area contributed by atoms with E-state index in [9.17, 15) is 5.11 Å². The number of aromatic hydroxyl groups is 1. The number of benzene rings is 2. The molecule has 0 aliphatic heterocycles. The third kappa shape index (κ3) is 2.08. The van der Waals surface area contributed by atoms with Crippen molar-refractivity contribution in [1.29, 1.82) is 0 Å². The Morgan fingerprint density at radius 2 is 1.69 bits per heavy atom. The summed E-state index contributed by atoms with van der Waals surface area (Å²) in [6, 6.07) is 15.8. The highest BCUT2D eigenvalue weighted by Gasteiger charge is 2.08. The van der Waals surface area contributed by atoms with Gasteiger partial charge >= 0.3 is 0 Å². The maximum absolute atomic E-state index is 9.97. The van der Waals surface area contributed by atoms with Crippen LogP contribution in [0.3, 0.4) is 0 Å². The summed E-state index contributed by atoms with van der Waals surface area (Å²) in [4.78, 5) is 0. The Hall–Kier alpha value is -1.76. The van der Waals surface area contributed by atoms with E-state index in [-0.39, 0.29) is 0 Å². The molecule has 0 saturated carbocycles. The van der Waals surface area contributed by atoms with E-state index in [1.54, 1.807) is 6.07 Å². The Labute approximate surface area is 96.4 Å². The normalized spacial score (nSPS) is 10.3. The quantitative estimate of drug-likeness (QED) is 0.815. The van der Waals surface area contributed by atoms with Gasteiger partial charge in [-0.3, -0.25) is 0 Å². The third-order valence-electron chi connectivity index (χ3n) is 2.71. The molecule has 0 unspecified atom stereocenters. The van der Waals surface area contributed by atoms with Gasteiger partial charge in [0.25, 0.3) is 0 Å². The predicted molar refractivity (Wildman–Crippen MR) is 67.5 cm³/mol. The Morgan fingerprint density at radius 3 is 2.38 bits per heavy atom. The summed E-state index contributed by atoms with van der Waals surface area (Å²) in [7, 11) is 0. The molecule has 0 heterocycles. The molecular weight excluding hydrogens is 196 g/mol. The summed E-state index contributed by atoms with van der Waals surface area (Å²) in [6.07, 6.45) is 2.09. The summed E-state index contributed by atoms with van der Waals surface area (Å²) in [5.74, 6) is 0.372. The van der Waals surface area contributed by atoms with E-state index in [2.05, 4.69) is 13.0 Å². The highest BCUT2D eigenvalue weighted by molar-refractivity contribution is 5.73. The lowest BCUT2D eigenvalue weighted by Crippen LogP contribution is -1.89. The van der Waals surface area contributed by atoms with Gasteiger partial charge in [-0.2, -0.15) is 0 Å². The van der Waals surface area contributed by atoms with Crippen LogP contribution in [0, 0.1) is 0 Å². The topological polar surface area (TPSA) is 20.2 Å². The van der Waals surface area contributed by atoms with E-state index in [0.29, 0.717) is 5.75 Å². The Balaban J connectivity index is 2.54. The van der Waals surface area contributed by atoms with E-state index >= 15 is 0 Å². The van der Waals surface area contributed by atoms with Crippen LogP contribution in [0.4, 0.5) is 0 Å². The van der Waals surface area contributed by atoms with E-state index in [4.69, 9.17) is 0 Å². The lowest BCUT2D eigenvalue weighted by molar-refractivity contribution is 0.476. The molecule has 16 heavy (non-hydrogen) atoms. The lowest BCUT2D eigenvalue weighted by atomic mass is 9.96. The zero-order valence-corrected chi connectivity index (χ0v) is 9.48. The van der Waals surface area contributed by atoms with E-state index in [1.165, 1.54) is 5.56 Å².